The zero-order chi connectivity index (χ0) is 8.39. The summed E-state index contributed by atoms with van der Waals surface area (Å²) in [5.41, 5.74) is 0. The van der Waals surface area contributed by atoms with Gasteiger partial charge in [0.2, 0.25) is 5.90 Å². The summed E-state index contributed by atoms with van der Waals surface area (Å²) in [6.07, 6.45) is 6.38. The lowest BCUT2D eigenvalue weighted by Gasteiger charge is -1.94. The Kier molecular flexibility index (Phi) is 1.51. The van der Waals surface area contributed by atoms with Gasteiger partial charge < -0.3 is 4.74 Å². The van der Waals surface area contributed by atoms with Gasteiger partial charge in [-0.15, -0.1) is 5.10 Å². The van der Waals surface area contributed by atoms with Crippen molar-refractivity contribution in [2.75, 3.05) is 0 Å². The van der Waals surface area contributed by atoms with Gasteiger partial charge in [-0.1, -0.05) is 0 Å². The first kappa shape index (κ1) is 6.84. The molecule has 2 rings (SSSR count). The molecular weight excluding hydrogens is 156 g/mol. The Morgan fingerprint density at radius 2 is 2.00 bits per heavy atom. The Labute approximate surface area is 68.8 Å². The molecule has 0 aliphatic carbocycles. The normalized spacial score (nSPS) is 18.7. The Bertz CT molecular complexity index is 349. The Balaban J connectivity index is 2.21. The molecule has 0 saturated heterocycles. The predicted molar refractivity (Wildman–Crippen MR) is 42.5 cm³/mol. The van der Waals surface area contributed by atoms with Crippen molar-refractivity contribution in [3.05, 3.63) is 36.7 Å². The molecule has 0 bridgehead atoms. The minimum Gasteiger partial charge on any atom is -0.403 e. The maximum atomic E-state index is 10.6. The molecule has 4 nitrogen and oxygen atoms in total. The van der Waals surface area contributed by atoms with Crippen LogP contribution in [0, 0.1) is 0 Å². The average Bonchev–Trinajstić information content (AvgIpc) is 2.63. The molecule has 12 heavy (non-hydrogen) atoms. The molecule has 0 radical (unpaired) electrons. The third kappa shape index (κ3) is 1.27. The largest absolute Gasteiger partial charge is 0.403 e. The summed E-state index contributed by atoms with van der Waals surface area (Å²) in [6.45, 7) is 0. The van der Waals surface area contributed by atoms with Gasteiger partial charge in [0, 0.05) is 24.5 Å². The summed E-state index contributed by atoms with van der Waals surface area (Å²) in [5, 5.41) is 3.97. The summed E-state index contributed by atoms with van der Waals surface area (Å²) in [4.78, 5) is 10.6. The molecule has 0 unspecified atom stereocenters. The van der Waals surface area contributed by atoms with E-state index in [1.165, 1.54) is 12.2 Å². The van der Waals surface area contributed by atoms with Gasteiger partial charge in [-0.3, -0.25) is 0 Å². The van der Waals surface area contributed by atoms with Crippen LogP contribution in [-0.4, -0.2) is 16.5 Å². The summed E-state index contributed by atoms with van der Waals surface area (Å²) in [7, 11) is 0. The van der Waals surface area contributed by atoms with E-state index in [1.54, 1.807) is 17.1 Å². The van der Waals surface area contributed by atoms with E-state index in [0.29, 0.717) is 5.90 Å². The molecule has 2 heterocycles. The number of cyclic esters (lactones) is 1. The molecule has 1 aliphatic heterocycles. The van der Waals surface area contributed by atoms with Gasteiger partial charge in [-0.2, -0.15) is 0 Å². The number of rotatable bonds is 1. The first-order chi connectivity index (χ1) is 5.84. The van der Waals surface area contributed by atoms with Crippen molar-refractivity contribution in [1.82, 2.24) is 4.68 Å². The van der Waals surface area contributed by atoms with E-state index in [4.69, 9.17) is 4.74 Å². The van der Waals surface area contributed by atoms with Gasteiger partial charge in [0.15, 0.2) is 0 Å². The van der Waals surface area contributed by atoms with Crippen LogP contribution in [0.5, 0.6) is 0 Å². The number of carbonyl (C=O) groups is 1. The first-order valence-corrected chi connectivity index (χ1v) is 3.46. The second kappa shape index (κ2) is 2.65. The predicted octanol–water partition coefficient (Wildman–Crippen LogP) is 0.763. The topological polar surface area (TPSA) is 43.6 Å². The fourth-order valence-electron chi connectivity index (χ4n) is 0.870. The van der Waals surface area contributed by atoms with Gasteiger partial charge in [0.25, 0.3) is 0 Å². The van der Waals surface area contributed by atoms with Gasteiger partial charge in [0.05, 0.1) is 0 Å². The zero-order valence-electron chi connectivity index (χ0n) is 6.18. The van der Waals surface area contributed by atoms with Gasteiger partial charge in [0.1, 0.15) is 0 Å². The van der Waals surface area contributed by atoms with Crippen LogP contribution >= 0.6 is 0 Å². The van der Waals surface area contributed by atoms with E-state index < -0.39 is 0 Å². The van der Waals surface area contributed by atoms with Crippen LogP contribution in [0.25, 0.3) is 0 Å². The van der Waals surface area contributed by atoms with Crippen LogP contribution in [0.4, 0.5) is 0 Å². The van der Waals surface area contributed by atoms with E-state index in [0.717, 1.165) is 0 Å². The van der Waals surface area contributed by atoms with Crippen molar-refractivity contribution in [3.8, 4) is 0 Å². The SMILES string of the molecule is O=C1C=CC(=Nn2cccc2)O1. The summed E-state index contributed by atoms with van der Waals surface area (Å²) in [6, 6.07) is 3.68. The van der Waals surface area contributed by atoms with Gasteiger partial charge in [-0.25, -0.2) is 9.47 Å². The van der Waals surface area contributed by atoms with Crippen LogP contribution in [0.2, 0.25) is 0 Å². The van der Waals surface area contributed by atoms with Crippen molar-refractivity contribution in [2.45, 2.75) is 0 Å². The standard InChI is InChI=1S/C8H6N2O2/c11-8-4-3-7(12-8)9-10-5-1-2-6-10/h1-6H. The van der Waals surface area contributed by atoms with E-state index >= 15 is 0 Å². The molecule has 0 atom stereocenters. The maximum Gasteiger partial charge on any atom is 0.337 e. The zero-order valence-corrected chi connectivity index (χ0v) is 6.18. The highest BCUT2D eigenvalue weighted by atomic mass is 16.5. The van der Waals surface area contributed by atoms with Crippen LogP contribution in [0.15, 0.2) is 41.8 Å². The van der Waals surface area contributed by atoms with Crippen molar-refractivity contribution >= 4 is 11.9 Å². The maximum absolute atomic E-state index is 10.6. The lowest BCUT2D eigenvalue weighted by atomic mass is 10.6. The molecule has 0 aromatic carbocycles. The fourth-order valence-corrected chi connectivity index (χ4v) is 0.870. The van der Waals surface area contributed by atoms with Crippen LogP contribution in [-0.2, 0) is 9.53 Å². The molecule has 1 aliphatic rings. The molecule has 0 saturated carbocycles. The van der Waals surface area contributed by atoms with Crippen LogP contribution in [0.3, 0.4) is 0 Å². The monoisotopic (exact) mass is 162 g/mol. The molecule has 1 aromatic heterocycles. The quantitative estimate of drug-likeness (QED) is 0.572. The van der Waals surface area contributed by atoms with Gasteiger partial charge >= 0.3 is 5.97 Å². The van der Waals surface area contributed by atoms with Crippen LogP contribution in [0.1, 0.15) is 0 Å². The molecule has 4 heteroatoms. The first-order valence-electron chi connectivity index (χ1n) is 3.46. The van der Waals surface area contributed by atoms with E-state index in [2.05, 4.69) is 5.10 Å². The Hall–Kier alpha value is -1.84. The Morgan fingerprint density at radius 3 is 2.58 bits per heavy atom. The fraction of sp³-hybridized carbons (Fsp3) is 0. The minimum atomic E-state index is -0.374. The third-order valence-electron chi connectivity index (χ3n) is 1.37. The van der Waals surface area contributed by atoms with E-state index in [-0.39, 0.29) is 5.97 Å². The number of carbonyl (C=O) groups excluding carboxylic acids is 1. The highest BCUT2D eigenvalue weighted by Gasteiger charge is 2.10. The van der Waals surface area contributed by atoms with Crippen molar-refractivity contribution in [1.29, 1.82) is 0 Å². The van der Waals surface area contributed by atoms with E-state index in [9.17, 15) is 4.79 Å². The number of esters is 1. The second-order valence-corrected chi connectivity index (χ2v) is 2.26. The highest BCUT2D eigenvalue weighted by Crippen LogP contribution is 1.99. The molecule has 0 amide bonds. The molecule has 0 N–H and O–H groups in total. The molecule has 0 spiro atoms. The second-order valence-electron chi connectivity index (χ2n) is 2.26. The molecular formula is C8H6N2O2. The lowest BCUT2D eigenvalue weighted by molar-refractivity contribution is -0.129. The number of hydrogen-bond acceptors (Lipinski definition) is 3. The number of nitrogens with zero attached hydrogens (tertiary/aromatic N) is 2. The highest BCUT2D eigenvalue weighted by molar-refractivity contribution is 6.07. The molecule has 0 fully saturated rings. The number of hydrogen-bond donors (Lipinski definition) is 0. The smallest absolute Gasteiger partial charge is 0.337 e. The van der Waals surface area contributed by atoms with E-state index in [1.807, 2.05) is 12.1 Å². The number of ether oxygens (including phenoxy) is 1. The van der Waals surface area contributed by atoms with Crippen LogP contribution < -0.4 is 0 Å². The Morgan fingerprint density at radius 1 is 1.25 bits per heavy atom. The van der Waals surface area contributed by atoms with Crippen molar-refractivity contribution in [3.63, 3.8) is 0 Å². The number of aromatic nitrogens is 1. The van der Waals surface area contributed by atoms with Crippen molar-refractivity contribution in [2.24, 2.45) is 5.10 Å². The molecule has 1 aromatic rings. The summed E-state index contributed by atoms with van der Waals surface area (Å²) >= 11 is 0. The van der Waals surface area contributed by atoms with Crippen molar-refractivity contribution < 1.29 is 9.53 Å². The lowest BCUT2D eigenvalue weighted by Crippen LogP contribution is -2.01. The van der Waals surface area contributed by atoms with Gasteiger partial charge in [-0.05, 0) is 12.1 Å². The third-order valence-corrected chi connectivity index (χ3v) is 1.37. The molecule has 60 valence electrons. The summed E-state index contributed by atoms with van der Waals surface area (Å²) in [5.74, 6) is -0.0582. The minimum absolute atomic E-state index is 0.316. The average molecular weight is 162 g/mol. The summed E-state index contributed by atoms with van der Waals surface area (Å²) < 4.78 is 6.28.